The number of benzene rings is 4. The number of carboxylic acid groups (broad SMARTS) is 2. The molecule has 0 saturated heterocycles. The molecule has 4 N–H and O–H groups in total. The van der Waals surface area contributed by atoms with Crippen LogP contribution in [0.5, 0.6) is 0 Å². The summed E-state index contributed by atoms with van der Waals surface area (Å²) in [4.78, 5) is 53.0. The van der Waals surface area contributed by atoms with Crippen molar-refractivity contribution in [2.75, 3.05) is 6.61 Å². The Kier molecular flexibility index (Phi) is 19.9. The summed E-state index contributed by atoms with van der Waals surface area (Å²) in [7, 11) is 0. The minimum atomic E-state index is -1.52. The van der Waals surface area contributed by atoms with Gasteiger partial charge in [0.15, 0.2) is 5.76 Å². The van der Waals surface area contributed by atoms with Gasteiger partial charge in [-0.15, -0.1) is 22.1 Å². The maximum atomic E-state index is 11.6. The molecule has 3 aromatic heterocycles. The number of aryl methyl sites for hydroxylation is 8. The minimum absolute atomic E-state index is 0. The molecule has 2 aliphatic rings. The zero-order valence-corrected chi connectivity index (χ0v) is 49.8. The molecule has 7 aromatic rings. The second kappa shape index (κ2) is 26.9. The SMILES string of the molecule is CC=CC=CC=C(COO)OO.Cc1cc(C)cc(-c2c3nc(c(-c4cc(C)cc(C)c4)c4cc(/C=C/C=C/C=C(C(=O)O)C(=O)O)c([n-]4)c(-c4cc(C)cc(C)c4)c4nc(c(-c5cc(C)cc(C)c5)c5ccc2[n-]5)C=C4)C=C3)c1.[Zn+2]. The van der Waals surface area contributed by atoms with E-state index in [9.17, 15) is 19.8 Å². The summed E-state index contributed by atoms with van der Waals surface area (Å²) in [5, 5.41) is 35.1. The largest absolute Gasteiger partial charge is 2.00 e. The fraction of sp³-hybridized carbons (Fsp3) is 0.147. The molecule has 0 saturated carbocycles. The molecule has 4 aromatic carbocycles. The number of aliphatic carboxylic acids is 2. The molecule has 8 bridgehead atoms. The van der Waals surface area contributed by atoms with Crippen LogP contribution in [0.1, 0.15) is 79.8 Å². The molecule has 0 atom stereocenters. The molecule has 404 valence electrons. The van der Waals surface area contributed by atoms with Gasteiger partial charge in [-0.3, -0.25) is 5.26 Å². The van der Waals surface area contributed by atoms with Crippen LogP contribution >= 0.6 is 0 Å². The van der Waals surface area contributed by atoms with E-state index in [1.54, 1.807) is 24.3 Å². The third-order valence-corrected chi connectivity index (χ3v) is 13.0. The molecule has 81 heavy (non-hydrogen) atoms. The Morgan fingerprint density at radius 1 is 0.481 bits per heavy atom. The quantitative estimate of drug-likeness (QED) is 0.0118. The van der Waals surface area contributed by atoms with Crippen LogP contribution in [0, 0.1) is 55.4 Å². The zero-order valence-electron chi connectivity index (χ0n) is 46.9. The van der Waals surface area contributed by atoms with E-state index in [0.717, 1.165) is 134 Å². The van der Waals surface area contributed by atoms with E-state index in [-0.39, 0.29) is 31.8 Å². The van der Waals surface area contributed by atoms with E-state index in [0.29, 0.717) is 11.0 Å². The average Bonchev–Trinajstić information content (AvgIpc) is 4.26. The Hall–Kier alpha value is -8.84. The summed E-state index contributed by atoms with van der Waals surface area (Å²) in [6.45, 7) is 18.5. The average molecular weight is 1130 g/mol. The van der Waals surface area contributed by atoms with E-state index >= 15 is 0 Å². The second-order valence-corrected chi connectivity index (χ2v) is 19.9. The van der Waals surface area contributed by atoms with Gasteiger partial charge in [0.25, 0.3) is 0 Å². The van der Waals surface area contributed by atoms with Crippen LogP contribution in [-0.2, 0) is 38.8 Å². The number of hydrogen-bond acceptors (Lipinski definition) is 8. The summed E-state index contributed by atoms with van der Waals surface area (Å²) in [6.07, 6.45) is 24.6. The third kappa shape index (κ3) is 14.5. The molecule has 0 fully saturated rings. The predicted molar refractivity (Wildman–Crippen MR) is 322 cm³/mol. The van der Waals surface area contributed by atoms with Gasteiger partial charge in [-0.25, -0.2) is 29.7 Å². The Bertz CT molecular complexity index is 3920. The molecule has 0 amide bonds. The molecule has 12 nitrogen and oxygen atoms in total. The van der Waals surface area contributed by atoms with Crippen LogP contribution in [0.3, 0.4) is 0 Å². The van der Waals surface area contributed by atoms with Gasteiger partial charge in [-0.2, -0.15) is 0 Å². The van der Waals surface area contributed by atoms with Gasteiger partial charge in [0.1, 0.15) is 12.2 Å². The number of nitrogens with zero attached hydrogens (tertiary/aromatic N) is 4. The number of fused-ring (bicyclic) bond motifs is 8. The molecular formula is C68H62N4O8Zn. The van der Waals surface area contributed by atoms with E-state index in [2.05, 4.69) is 180 Å². The molecule has 0 radical (unpaired) electrons. The number of hydrogen-bond donors (Lipinski definition) is 4. The van der Waals surface area contributed by atoms with Crippen molar-refractivity contribution in [1.29, 1.82) is 0 Å². The monoisotopic (exact) mass is 1130 g/mol. The van der Waals surface area contributed by atoms with Gasteiger partial charge in [-0.1, -0.05) is 184 Å². The minimum Gasteiger partial charge on any atom is -0.657 e. The van der Waals surface area contributed by atoms with Gasteiger partial charge in [-0.05, 0) is 149 Å². The van der Waals surface area contributed by atoms with Gasteiger partial charge >= 0.3 is 31.4 Å². The first-order valence-electron chi connectivity index (χ1n) is 26.0. The molecule has 13 heteroatoms. The van der Waals surface area contributed by atoms with Gasteiger partial charge < -0.3 is 25.1 Å². The molecule has 0 unspecified atom stereocenters. The van der Waals surface area contributed by atoms with Crippen molar-refractivity contribution in [2.24, 2.45) is 0 Å². The molecule has 0 aliphatic carbocycles. The van der Waals surface area contributed by atoms with Gasteiger partial charge in [0, 0.05) is 0 Å². The van der Waals surface area contributed by atoms with E-state index < -0.39 is 17.5 Å². The molecule has 2 aliphatic heterocycles. The molecular weight excluding hydrogens is 1070 g/mol. The number of carboxylic acids is 2. The van der Waals surface area contributed by atoms with Crippen LogP contribution in [0.4, 0.5) is 0 Å². The van der Waals surface area contributed by atoms with Crippen molar-refractivity contribution < 1.29 is 59.6 Å². The summed E-state index contributed by atoms with van der Waals surface area (Å²) >= 11 is 0. The van der Waals surface area contributed by atoms with Crippen molar-refractivity contribution in [1.82, 2.24) is 19.9 Å². The van der Waals surface area contributed by atoms with Crippen molar-refractivity contribution in [3.63, 3.8) is 0 Å². The maximum absolute atomic E-state index is 11.6. The summed E-state index contributed by atoms with van der Waals surface area (Å²) in [6, 6.07) is 32.3. The maximum Gasteiger partial charge on any atom is 2.00 e. The number of carbonyl (C=O) groups is 2. The van der Waals surface area contributed by atoms with Crippen LogP contribution in [0.15, 0.2) is 157 Å². The Balaban J connectivity index is 0.000000653. The predicted octanol–water partition coefficient (Wildman–Crippen LogP) is 15.7. The molecule has 5 heterocycles. The normalized spacial score (nSPS) is 12.1. The summed E-state index contributed by atoms with van der Waals surface area (Å²) in [5.41, 5.74) is 22.3. The first-order chi connectivity index (χ1) is 38.4. The molecule has 0 spiro atoms. The Morgan fingerprint density at radius 2 is 0.864 bits per heavy atom. The summed E-state index contributed by atoms with van der Waals surface area (Å²) in [5.74, 6) is -2.92. The topological polar surface area (TPSA) is 187 Å². The second-order valence-electron chi connectivity index (χ2n) is 19.9. The zero-order chi connectivity index (χ0) is 57.2. The first-order valence-corrected chi connectivity index (χ1v) is 26.0. The van der Waals surface area contributed by atoms with Crippen LogP contribution in [0.25, 0.3) is 97.0 Å². The third-order valence-electron chi connectivity index (χ3n) is 13.0. The van der Waals surface area contributed by atoms with Gasteiger partial charge in [0.2, 0.25) is 0 Å². The van der Waals surface area contributed by atoms with Crippen molar-refractivity contribution in [2.45, 2.75) is 62.3 Å². The summed E-state index contributed by atoms with van der Waals surface area (Å²) < 4.78 is 0. The fourth-order valence-corrected chi connectivity index (χ4v) is 10.1. The molecule has 9 rings (SSSR count). The van der Waals surface area contributed by atoms with Crippen LogP contribution < -0.4 is 9.97 Å². The fourth-order valence-electron chi connectivity index (χ4n) is 10.1. The van der Waals surface area contributed by atoms with Gasteiger partial charge in [0.05, 0.1) is 22.8 Å². The van der Waals surface area contributed by atoms with Crippen molar-refractivity contribution >= 4 is 64.4 Å². The van der Waals surface area contributed by atoms with Crippen LogP contribution in [-0.4, -0.2) is 49.2 Å². The first kappa shape index (κ1) is 59.8. The van der Waals surface area contributed by atoms with Crippen molar-refractivity contribution in [3.05, 3.63) is 230 Å². The van der Waals surface area contributed by atoms with E-state index in [1.807, 2.05) is 25.2 Å². The van der Waals surface area contributed by atoms with E-state index in [4.69, 9.17) is 30.5 Å². The van der Waals surface area contributed by atoms with Crippen LogP contribution in [0.2, 0.25) is 0 Å². The Morgan fingerprint density at radius 3 is 1.26 bits per heavy atom. The number of allylic oxidation sites excluding steroid dienone is 9. The standard InChI is InChI=1S/C60H52N4O4.C8H12O4.Zn/c1-33-20-34(2)25-42(24-33)54-47-14-15-48(61-47)55(43-26-35(3)21-36(4)27-43)50-18-19-52(63-50)57(45-30-39(7)23-40(8)31-45)58-41(12-10-9-11-13-46(59(65)66)60(67)68)32-53(64-58)56(51-17-16-49(54)62-51)44-28-37(5)22-38(6)29-44;1-2-3-4-5-6-8(12-10)7-11-9;/h9-32H,1-8H3,(H4,61,62,63,64,65,66,67,68);2-6,9-10H,7H2,1H3;/q;;+2/p-2/b11-9+,12-10+,54-47?,54-49?,55-48?,55-50?,56-51?,56-53?,57-52?,58-57?;;. The smallest absolute Gasteiger partial charge is 0.657 e. The van der Waals surface area contributed by atoms with E-state index in [1.165, 1.54) is 12.2 Å². The number of aromatic nitrogens is 4. The van der Waals surface area contributed by atoms with Crippen molar-refractivity contribution in [3.8, 4) is 44.5 Å². The Labute approximate surface area is 484 Å². The number of rotatable bonds is 14.